The maximum absolute atomic E-state index is 11.9. The largest absolute Gasteiger partial charge is 0.461 e. The molecule has 0 spiro atoms. The quantitative estimate of drug-likeness (QED) is 0.345. The number of nitrogens with zero attached hydrogens (tertiary/aromatic N) is 1. The van der Waals surface area contributed by atoms with Gasteiger partial charge < -0.3 is 9.57 Å². The van der Waals surface area contributed by atoms with E-state index in [2.05, 4.69) is 5.16 Å². The van der Waals surface area contributed by atoms with Crippen molar-refractivity contribution in [3.8, 4) is 0 Å². The van der Waals surface area contributed by atoms with Gasteiger partial charge in [-0.1, -0.05) is 36.3 Å². The van der Waals surface area contributed by atoms with Crippen molar-refractivity contribution >= 4 is 23.3 Å². The van der Waals surface area contributed by atoms with E-state index in [1.165, 1.54) is 7.11 Å². The van der Waals surface area contributed by atoms with Gasteiger partial charge in [-0.15, -0.1) is 11.6 Å². The van der Waals surface area contributed by atoms with Crippen molar-refractivity contribution in [3.63, 3.8) is 0 Å². The number of rotatable bonds is 6. The number of alkyl halides is 1. The zero-order valence-electron chi connectivity index (χ0n) is 10.5. The molecule has 4 nitrogen and oxygen atoms in total. The second-order valence-electron chi connectivity index (χ2n) is 3.55. The lowest BCUT2D eigenvalue weighted by Crippen LogP contribution is -2.21. The summed E-state index contributed by atoms with van der Waals surface area (Å²) in [5, 5.41) is 3.74. The Morgan fingerprint density at radius 3 is 2.72 bits per heavy atom. The zero-order valence-corrected chi connectivity index (χ0v) is 11.2. The average Bonchev–Trinajstić information content (AvgIpc) is 2.42. The minimum atomic E-state index is -0.503. The third kappa shape index (κ3) is 3.74. The second kappa shape index (κ2) is 7.71. The number of carbonyl (C=O) groups excluding carboxylic acids is 1. The van der Waals surface area contributed by atoms with E-state index in [1.54, 1.807) is 6.07 Å². The van der Waals surface area contributed by atoms with Crippen molar-refractivity contribution in [2.75, 3.05) is 13.7 Å². The summed E-state index contributed by atoms with van der Waals surface area (Å²) in [6.45, 7) is 2.28. The number of hydrogen-bond acceptors (Lipinski definition) is 4. The molecule has 0 unspecified atom stereocenters. The average molecular weight is 270 g/mol. The number of benzene rings is 1. The van der Waals surface area contributed by atoms with Crippen molar-refractivity contribution in [3.05, 3.63) is 35.4 Å². The highest BCUT2D eigenvalue weighted by Gasteiger charge is 2.19. The van der Waals surface area contributed by atoms with Crippen LogP contribution in [-0.4, -0.2) is 25.4 Å². The molecule has 0 saturated carbocycles. The van der Waals surface area contributed by atoms with Crippen molar-refractivity contribution < 1.29 is 14.4 Å². The van der Waals surface area contributed by atoms with Gasteiger partial charge >= 0.3 is 5.97 Å². The van der Waals surface area contributed by atoms with E-state index in [0.717, 1.165) is 12.0 Å². The fraction of sp³-hybridized carbons (Fsp3) is 0.385. The summed E-state index contributed by atoms with van der Waals surface area (Å²) in [4.78, 5) is 16.6. The molecule has 0 fully saturated rings. The van der Waals surface area contributed by atoms with Crippen LogP contribution in [0.4, 0.5) is 0 Å². The monoisotopic (exact) mass is 269 g/mol. The predicted octanol–water partition coefficient (Wildman–Crippen LogP) is 2.73. The SMILES string of the molecule is CCCOC(=O)C(=NOC)c1ccccc1CCl. The van der Waals surface area contributed by atoms with E-state index in [1.807, 2.05) is 25.1 Å². The molecule has 0 heterocycles. The lowest BCUT2D eigenvalue weighted by molar-refractivity contribution is -0.135. The van der Waals surface area contributed by atoms with Crippen LogP contribution in [0.25, 0.3) is 0 Å². The topological polar surface area (TPSA) is 47.9 Å². The van der Waals surface area contributed by atoms with Crippen molar-refractivity contribution in [2.24, 2.45) is 5.16 Å². The molecule has 0 radical (unpaired) electrons. The summed E-state index contributed by atoms with van der Waals surface area (Å²) in [7, 11) is 1.39. The Bertz CT molecular complexity index is 432. The third-order valence-electron chi connectivity index (χ3n) is 2.23. The Balaban J connectivity index is 3.05. The van der Waals surface area contributed by atoms with Crippen LogP contribution in [0.2, 0.25) is 0 Å². The Morgan fingerprint density at radius 2 is 2.11 bits per heavy atom. The van der Waals surface area contributed by atoms with Gasteiger partial charge in [-0.05, 0) is 12.0 Å². The molecule has 0 bridgehead atoms. The molecule has 0 N–H and O–H groups in total. The van der Waals surface area contributed by atoms with Crippen LogP contribution in [-0.2, 0) is 20.2 Å². The Morgan fingerprint density at radius 1 is 1.39 bits per heavy atom. The Labute approximate surface area is 112 Å². The van der Waals surface area contributed by atoms with E-state index < -0.39 is 5.97 Å². The maximum atomic E-state index is 11.9. The molecule has 0 amide bonds. The first kappa shape index (κ1) is 14.5. The van der Waals surface area contributed by atoms with Gasteiger partial charge in [-0.3, -0.25) is 0 Å². The summed E-state index contributed by atoms with van der Waals surface area (Å²) >= 11 is 5.84. The van der Waals surface area contributed by atoms with Gasteiger partial charge in [0.2, 0.25) is 0 Å². The first-order chi connectivity index (χ1) is 8.74. The Kier molecular flexibility index (Phi) is 6.22. The van der Waals surface area contributed by atoms with Gasteiger partial charge in [0.1, 0.15) is 7.11 Å². The first-order valence-electron chi connectivity index (χ1n) is 5.67. The van der Waals surface area contributed by atoms with Crippen LogP contribution in [0.15, 0.2) is 29.4 Å². The van der Waals surface area contributed by atoms with Crippen molar-refractivity contribution in [1.82, 2.24) is 0 Å². The van der Waals surface area contributed by atoms with Gasteiger partial charge in [-0.2, -0.15) is 0 Å². The highest BCUT2D eigenvalue weighted by Crippen LogP contribution is 2.14. The van der Waals surface area contributed by atoms with E-state index in [9.17, 15) is 4.79 Å². The minimum Gasteiger partial charge on any atom is -0.461 e. The van der Waals surface area contributed by atoms with Gasteiger partial charge in [0.15, 0.2) is 5.71 Å². The van der Waals surface area contributed by atoms with Crippen LogP contribution in [0, 0.1) is 0 Å². The molecule has 0 aliphatic carbocycles. The van der Waals surface area contributed by atoms with Gasteiger partial charge in [0, 0.05) is 11.4 Å². The second-order valence-corrected chi connectivity index (χ2v) is 3.82. The fourth-order valence-electron chi connectivity index (χ4n) is 1.42. The van der Waals surface area contributed by atoms with E-state index in [4.69, 9.17) is 21.2 Å². The molecule has 1 aromatic carbocycles. The number of esters is 1. The first-order valence-corrected chi connectivity index (χ1v) is 6.20. The highest BCUT2D eigenvalue weighted by molar-refractivity contribution is 6.43. The van der Waals surface area contributed by atoms with E-state index in [-0.39, 0.29) is 5.71 Å². The molecule has 1 rings (SSSR count). The molecule has 0 aromatic heterocycles. The Hall–Kier alpha value is -1.55. The normalized spacial score (nSPS) is 11.2. The number of halogens is 1. The highest BCUT2D eigenvalue weighted by atomic mass is 35.5. The zero-order chi connectivity index (χ0) is 13.4. The standard InChI is InChI=1S/C13H16ClNO3/c1-3-8-18-13(16)12(15-17-2)11-7-5-4-6-10(11)9-14/h4-7H,3,8-9H2,1-2H3. The summed E-state index contributed by atoms with van der Waals surface area (Å²) in [6, 6.07) is 7.26. The maximum Gasteiger partial charge on any atom is 0.361 e. The molecule has 0 atom stereocenters. The van der Waals surface area contributed by atoms with Crippen LogP contribution in [0.5, 0.6) is 0 Å². The molecular weight excluding hydrogens is 254 g/mol. The molecule has 0 aliphatic rings. The van der Waals surface area contributed by atoms with Crippen LogP contribution >= 0.6 is 11.6 Å². The van der Waals surface area contributed by atoms with E-state index in [0.29, 0.717) is 18.1 Å². The molecule has 0 aliphatic heterocycles. The van der Waals surface area contributed by atoms with Gasteiger partial charge in [0.25, 0.3) is 0 Å². The number of ether oxygens (including phenoxy) is 1. The van der Waals surface area contributed by atoms with Gasteiger partial charge in [0.05, 0.1) is 6.61 Å². The fourth-order valence-corrected chi connectivity index (χ4v) is 1.65. The smallest absolute Gasteiger partial charge is 0.361 e. The predicted molar refractivity (Wildman–Crippen MR) is 70.8 cm³/mol. The van der Waals surface area contributed by atoms with Crippen LogP contribution in [0.1, 0.15) is 24.5 Å². The number of hydrogen-bond donors (Lipinski definition) is 0. The van der Waals surface area contributed by atoms with Gasteiger partial charge in [-0.25, -0.2) is 4.79 Å². The molecule has 0 saturated heterocycles. The molecular formula is C13H16ClNO3. The lowest BCUT2D eigenvalue weighted by atomic mass is 10.0. The van der Waals surface area contributed by atoms with Crippen molar-refractivity contribution in [2.45, 2.75) is 19.2 Å². The molecule has 18 heavy (non-hydrogen) atoms. The summed E-state index contributed by atoms with van der Waals surface area (Å²) in [5.74, 6) is -0.212. The summed E-state index contributed by atoms with van der Waals surface area (Å²) in [5.41, 5.74) is 1.58. The van der Waals surface area contributed by atoms with Crippen LogP contribution < -0.4 is 0 Å². The minimum absolute atomic E-state index is 0.141. The molecule has 1 aromatic rings. The van der Waals surface area contributed by atoms with E-state index >= 15 is 0 Å². The lowest BCUT2D eigenvalue weighted by Gasteiger charge is -2.09. The number of oxime groups is 1. The summed E-state index contributed by atoms with van der Waals surface area (Å²) in [6.07, 6.45) is 0.753. The van der Waals surface area contributed by atoms with Crippen LogP contribution in [0.3, 0.4) is 0 Å². The molecule has 5 heteroatoms. The third-order valence-corrected chi connectivity index (χ3v) is 2.52. The summed E-state index contributed by atoms with van der Waals surface area (Å²) < 4.78 is 5.07. The number of carbonyl (C=O) groups is 1. The van der Waals surface area contributed by atoms with Crippen molar-refractivity contribution in [1.29, 1.82) is 0 Å². The molecule has 98 valence electrons.